The molecule has 22 heavy (non-hydrogen) atoms. The van der Waals surface area contributed by atoms with Crippen LogP contribution in [0.2, 0.25) is 0 Å². The summed E-state index contributed by atoms with van der Waals surface area (Å²) in [6.07, 6.45) is 0.902. The molecule has 1 amide bonds. The Labute approximate surface area is 131 Å². The molecular formula is C18H22N2O2. The van der Waals surface area contributed by atoms with Crippen LogP contribution in [0.3, 0.4) is 0 Å². The van der Waals surface area contributed by atoms with Gasteiger partial charge in [-0.25, -0.2) is 0 Å². The van der Waals surface area contributed by atoms with E-state index >= 15 is 0 Å². The lowest BCUT2D eigenvalue weighted by atomic mass is 10.1. The molecule has 0 spiro atoms. The van der Waals surface area contributed by atoms with Crippen LogP contribution < -0.4 is 15.8 Å². The van der Waals surface area contributed by atoms with Crippen molar-refractivity contribution in [1.29, 1.82) is 0 Å². The molecule has 0 bridgehead atoms. The minimum absolute atomic E-state index is 0.112. The normalized spacial score (nSPS) is 10.3. The van der Waals surface area contributed by atoms with Gasteiger partial charge in [-0.3, -0.25) is 4.79 Å². The van der Waals surface area contributed by atoms with Crippen molar-refractivity contribution in [2.75, 3.05) is 12.3 Å². The van der Waals surface area contributed by atoms with Gasteiger partial charge in [0, 0.05) is 12.1 Å². The smallest absolute Gasteiger partial charge is 0.251 e. The fourth-order valence-corrected chi connectivity index (χ4v) is 2.09. The number of rotatable bonds is 6. The largest absolute Gasteiger partial charge is 0.487 e. The number of nitrogens with one attached hydrogen (secondary N) is 1. The van der Waals surface area contributed by atoms with Crippen LogP contribution in [0, 0.1) is 6.92 Å². The van der Waals surface area contributed by atoms with Crippen molar-refractivity contribution < 1.29 is 9.53 Å². The number of carbonyl (C=O) groups is 1. The molecule has 0 unspecified atom stereocenters. The zero-order valence-corrected chi connectivity index (χ0v) is 13.1. The number of nitrogen functional groups attached to an aromatic ring is 1. The lowest BCUT2D eigenvalue weighted by Gasteiger charge is -2.12. The predicted octanol–water partition coefficient (Wildman–Crippen LogP) is 3.30. The highest BCUT2D eigenvalue weighted by molar-refractivity contribution is 5.95. The van der Waals surface area contributed by atoms with Crippen LogP contribution in [0.25, 0.3) is 0 Å². The molecule has 3 N–H and O–H groups in total. The second kappa shape index (κ2) is 7.50. The number of carbonyl (C=O) groups excluding carboxylic acids is 1. The van der Waals surface area contributed by atoms with Crippen molar-refractivity contribution in [2.24, 2.45) is 0 Å². The number of hydrogen-bond acceptors (Lipinski definition) is 3. The molecular weight excluding hydrogens is 276 g/mol. The number of amides is 1. The molecule has 0 atom stereocenters. The molecule has 2 aromatic rings. The summed E-state index contributed by atoms with van der Waals surface area (Å²) in [5.41, 5.74) is 9.30. The number of aryl methyl sites for hydroxylation is 1. The first-order valence-electron chi connectivity index (χ1n) is 7.47. The number of hydrogen-bond donors (Lipinski definition) is 2. The van der Waals surface area contributed by atoms with Crippen LogP contribution in [0.15, 0.2) is 42.5 Å². The van der Waals surface area contributed by atoms with Crippen LogP contribution in [-0.2, 0) is 6.61 Å². The van der Waals surface area contributed by atoms with Gasteiger partial charge in [-0.1, -0.05) is 31.2 Å². The van der Waals surface area contributed by atoms with Crippen molar-refractivity contribution in [2.45, 2.75) is 26.9 Å². The molecule has 4 nitrogen and oxygen atoms in total. The van der Waals surface area contributed by atoms with Crippen LogP contribution >= 0.6 is 0 Å². The molecule has 0 fully saturated rings. The summed E-state index contributed by atoms with van der Waals surface area (Å²) in [4.78, 5) is 11.9. The molecule has 0 saturated heterocycles. The molecule has 2 rings (SSSR count). The quantitative estimate of drug-likeness (QED) is 0.804. The van der Waals surface area contributed by atoms with E-state index in [4.69, 9.17) is 10.5 Å². The van der Waals surface area contributed by atoms with Gasteiger partial charge in [0.1, 0.15) is 12.4 Å². The third-order valence-electron chi connectivity index (χ3n) is 3.45. The maximum atomic E-state index is 11.9. The number of anilines is 1. The monoisotopic (exact) mass is 298 g/mol. The fourth-order valence-electron chi connectivity index (χ4n) is 2.09. The average Bonchev–Trinajstić information content (AvgIpc) is 2.52. The van der Waals surface area contributed by atoms with Crippen molar-refractivity contribution in [1.82, 2.24) is 5.32 Å². The third kappa shape index (κ3) is 4.01. The summed E-state index contributed by atoms with van der Waals surface area (Å²) in [6.45, 7) is 5.17. The summed E-state index contributed by atoms with van der Waals surface area (Å²) in [7, 11) is 0. The van der Waals surface area contributed by atoms with Gasteiger partial charge in [-0.2, -0.15) is 0 Å². The van der Waals surface area contributed by atoms with E-state index in [9.17, 15) is 4.79 Å². The first kappa shape index (κ1) is 15.9. The van der Waals surface area contributed by atoms with Crippen LogP contribution in [0.5, 0.6) is 5.75 Å². The number of ether oxygens (including phenoxy) is 1. The van der Waals surface area contributed by atoms with Gasteiger partial charge < -0.3 is 15.8 Å². The second-order valence-electron chi connectivity index (χ2n) is 5.22. The zero-order valence-electron chi connectivity index (χ0n) is 13.1. The maximum Gasteiger partial charge on any atom is 0.251 e. The Morgan fingerprint density at radius 1 is 1.23 bits per heavy atom. The SMILES string of the molecule is CCCNC(=O)c1ccc(OCc2ccccc2C)c(N)c1. The van der Waals surface area contributed by atoms with Gasteiger partial charge in [0.25, 0.3) is 5.91 Å². The van der Waals surface area contributed by atoms with Gasteiger partial charge in [0.15, 0.2) is 0 Å². The third-order valence-corrected chi connectivity index (χ3v) is 3.45. The van der Waals surface area contributed by atoms with Crippen LogP contribution in [0.4, 0.5) is 5.69 Å². The molecule has 2 aromatic carbocycles. The number of benzene rings is 2. The van der Waals surface area contributed by atoms with E-state index in [1.54, 1.807) is 18.2 Å². The van der Waals surface area contributed by atoms with E-state index in [-0.39, 0.29) is 5.91 Å². The van der Waals surface area contributed by atoms with Gasteiger partial charge in [-0.05, 0) is 42.7 Å². The Hall–Kier alpha value is -2.49. The molecule has 0 radical (unpaired) electrons. The second-order valence-corrected chi connectivity index (χ2v) is 5.22. The minimum atomic E-state index is -0.112. The molecule has 0 heterocycles. The molecule has 0 saturated carbocycles. The summed E-state index contributed by atoms with van der Waals surface area (Å²) in [5, 5.41) is 2.83. The standard InChI is InChI=1S/C18H22N2O2/c1-3-10-20-18(21)14-8-9-17(16(19)11-14)22-12-15-7-5-4-6-13(15)2/h4-9,11H,3,10,12,19H2,1-2H3,(H,20,21). The highest BCUT2D eigenvalue weighted by Crippen LogP contribution is 2.24. The minimum Gasteiger partial charge on any atom is -0.487 e. The molecule has 116 valence electrons. The Morgan fingerprint density at radius 2 is 2.00 bits per heavy atom. The average molecular weight is 298 g/mol. The van der Waals surface area contributed by atoms with Crippen molar-refractivity contribution >= 4 is 11.6 Å². The maximum absolute atomic E-state index is 11.9. The van der Waals surface area contributed by atoms with Gasteiger partial charge in [0.2, 0.25) is 0 Å². The van der Waals surface area contributed by atoms with E-state index < -0.39 is 0 Å². The van der Waals surface area contributed by atoms with E-state index in [0.29, 0.717) is 30.2 Å². The summed E-state index contributed by atoms with van der Waals surface area (Å²) < 4.78 is 5.76. The molecule has 0 aliphatic heterocycles. The van der Waals surface area contributed by atoms with Crippen molar-refractivity contribution in [3.8, 4) is 5.75 Å². The first-order chi connectivity index (χ1) is 10.6. The molecule has 4 heteroatoms. The summed E-state index contributed by atoms with van der Waals surface area (Å²) in [5.74, 6) is 0.481. The molecule has 0 aliphatic carbocycles. The van der Waals surface area contributed by atoms with Gasteiger partial charge in [0.05, 0.1) is 5.69 Å². The van der Waals surface area contributed by atoms with E-state index in [1.165, 1.54) is 5.56 Å². The summed E-state index contributed by atoms with van der Waals surface area (Å²) >= 11 is 0. The van der Waals surface area contributed by atoms with E-state index in [0.717, 1.165) is 12.0 Å². The van der Waals surface area contributed by atoms with Gasteiger partial charge >= 0.3 is 0 Å². The highest BCUT2D eigenvalue weighted by Gasteiger charge is 2.09. The Balaban J connectivity index is 2.04. The summed E-state index contributed by atoms with van der Waals surface area (Å²) in [6, 6.07) is 13.2. The van der Waals surface area contributed by atoms with Crippen molar-refractivity contribution in [3.63, 3.8) is 0 Å². The van der Waals surface area contributed by atoms with Crippen molar-refractivity contribution in [3.05, 3.63) is 59.2 Å². The van der Waals surface area contributed by atoms with E-state index in [2.05, 4.69) is 5.32 Å². The number of nitrogens with two attached hydrogens (primary N) is 1. The molecule has 0 aromatic heterocycles. The van der Waals surface area contributed by atoms with Crippen LogP contribution in [-0.4, -0.2) is 12.5 Å². The fraction of sp³-hybridized carbons (Fsp3) is 0.278. The molecule has 0 aliphatic rings. The lowest BCUT2D eigenvalue weighted by molar-refractivity contribution is 0.0953. The Bertz CT molecular complexity index is 653. The van der Waals surface area contributed by atoms with Gasteiger partial charge in [-0.15, -0.1) is 0 Å². The predicted molar refractivity (Wildman–Crippen MR) is 89.0 cm³/mol. The van der Waals surface area contributed by atoms with Crippen LogP contribution in [0.1, 0.15) is 34.8 Å². The Morgan fingerprint density at radius 3 is 2.68 bits per heavy atom. The first-order valence-corrected chi connectivity index (χ1v) is 7.47. The Kier molecular flexibility index (Phi) is 5.42. The zero-order chi connectivity index (χ0) is 15.9. The topological polar surface area (TPSA) is 64.3 Å². The van der Waals surface area contributed by atoms with E-state index in [1.807, 2.05) is 38.1 Å². The highest BCUT2D eigenvalue weighted by atomic mass is 16.5. The lowest BCUT2D eigenvalue weighted by Crippen LogP contribution is -2.24.